The Morgan fingerprint density at radius 3 is 2.84 bits per heavy atom. The van der Waals surface area contributed by atoms with Crippen LogP contribution >= 0.6 is 0 Å². The van der Waals surface area contributed by atoms with E-state index in [-0.39, 0.29) is 23.7 Å². The minimum atomic E-state index is -0.965. The molecule has 0 saturated carbocycles. The van der Waals surface area contributed by atoms with Gasteiger partial charge in [0.25, 0.3) is 5.69 Å². The Bertz CT molecular complexity index is 526. The number of aromatic nitrogens is 1. The number of carbonyl (C=O) groups is 1. The number of carbonyl (C=O) groups excluding carboxylic acids is 1. The Labute approximate surface area is 108 Å². The molecular weight excluding hydrogens is 256 g/mol. The van der Waals surface area contributed by atoms with E-state index in [2.05, 4.69) is 9.72 Å². The number of rotatable bonds is 5. The summed E-state index contributed by atoms with van der Waals surface area (Å²) in [6.45, 7) is 1.65. The van der Waals surface area contributed by atoms with E-state index >= 15 is 0 Å². The predicted molar refractivity (Wildman–Crippen MR) is 64.7 cm³/mol. The summed E-state index contributed by atoms with van der Waals surface area (Å²) in [5.41, 5.74) is -0.376. The standard InChI is InChI=1S/C11H12N2O6/c1-3-19-11(15)9(14)4-7-5-10(18-2)12-6-8(7)13(16)17/h4-6,14H,3H2,1-2H3. The minimum Gasteiger partial charge on any atom is -0.502 e. The largest absolute Gasteiger partial charge is 0.502 e. The van der Waals surface area contributed by atoms with Crippen molar-refractivity contribution >= 4 is 17.7 Å². The first-order valence-corrected chi connectivity index (χ1v) is 5.25. The Morgan fingerprint density at radius 2 is 2.32 bits per heavy atom. The number of ether oxygens (including phenoxy) is 2. The summed E-state index contributed by atoms with van der Waals surface area (Å²) in [7, 11) is 1.34. The second-order valence-corrected chi connectivity index (χ2v) is 3.29. The molecule has 0 spiro atoms. The maximum Gasteiger partial charge on any atom is 0.373 e. The maximum atomic E-state index is 11.2. The molecule has 1 rings (SSSR count). The molecule has 0 saturated heterocycles. The topological polar surface area (TPSA) is 112 Å². The lowest BCUT2D eigenvalue weighted by Crippen LogP contribution is -2.07. The van der Waals surface area contributed by atoms with Gasteiger partial charge in [0.2, 0.25) is 11.6 Å². The van der Waals surface area contributed by atoms with Gasteiger partial charge < -0.3 is 14.6 Å². The zero-order valence-corrected chi connectivity index (χ0v) is 10.3. The summed E-state index contributed by atoms with van der Waals surface area (Å²) in [5.74, 6) is -1.58. The van der Waals surface area contributed by atoms with Crippen LogP contribution in [0, 0.1) is 10.1 Å². The highest BCUT2D eigenvalue weighted by Gasteiger charge is 2.17. The van der Waals surface area contributed by atoms with Gasteiger partial charge in [0, 0.05) is 12.1 Å². The number of hydrogen-bond acceptors (Lipinski definition) is 7. The Kier molecular flexibility index (Phi) is 4.81. The zero-order valence-electron chi connectivity index (χ0n) is 10.3. The summed E-state index contributed by atoms with van der Waals surface area (Å²) in [5, 5.41) is 20.3. The monoisotopic (exact) mass is 268 g/mol. The Hall–Kier alpha value is -2.64. The van der Waals surface area contributed by atoms with Crippen molar-refractivity contribution in [2.45, 2.75) is 6.92 Å². The van der Waals surface area contributed by atoms with Crippen molar-refractivity contribution in [1.29, 1.82) is 0 Å². The molecule has 0 radical (unpaired) electrons. The highest BCUT2D eigenvalue weighted by Crippen LogP contribution is 2.23. The summed E-state index contributed by atoms with van der Waals surface area (Å²) in [4.78, 5) is 25.0. The number of esters is 1. The quantitative estimate of drug-likeness (QED) is 0.283. The lowest BCUT2D eigenvalue weighted by atomic mass is 10.2. The first-order chi connectivity index (χ1) is 8.99. The fraction of sp³-hybridized carbons (Fsp3) is 0.273. The lowest BCUT2D eigenvalue weighted by Gasteiger charge is -2.03. The van der Waals surface area contributed by atoms with Crippen LogP contribution < -0.4 is 4.74 Å². The number of aliphatic hydroxyl groups is 1. The van der Waals surface area contributed by atoms with E-state index in [1.54, 1.807) is 6.92 Å². The summed E-state index contributed by atoms with van der Waals surface area (Å²) >= 11 is 0. The number of hydrogen-bond donors (Lipinski definition) is 1. The average Bonchev–Trinajstić information content (AvgIpc) is 2.38. The highest BCUT2D eigenvalue weighted by atomic mass is 16.6. The van der Waals surface area contributed by atoms with Crippen LogP contribution in [-0.4, -0.2) is 34.7 Å². The molecule has 0 aliphatic rings. The molecule has 0 bridgehead atoms. The van der Waals surface area contributed by atoms with Crippen molar-refractivity contribution in [3.8, 4) is 5.88 Å². The normalized spacial score (nSPS) is 10.9. The molecule has 19 heavy (non-hydrogen) atoms. The molecule has 1 N–H and O–H groups in total. The van der Waals surface area contributed by atoms with Crippen LogP contribution in [0.5, 0.6) is 5.88 Å². The van der Waals surface area contributed by atoms with E-state index in [1.165, 1.54) is 13.2 Å². The molecule has 1 aromatic rings. The number of aliphatic hydroxyl groups excluding tert-OH is 1. The van der Waals surface area contributed by atoms with Crippen molar-refractivity contribution in [2.75, 3.05) is 13.7 Å². The molecule has 0 amide bonds. The molecule has 0 unspecified atom stereocenters. The van der Waals surface area contributed by atoms with E-state index in [0.717, 1.165) is 12.3 Å². The van der Waals surface area contributed by atoms with Gasteiger partial charge in [-0.3, -0.25) is 10.1 Å². The third-order valence-corrected chi connectivity index (χ3v) is 2.07. The van der Waals surface area contributed by atoms with Crippen molar-refractivity contribution in [2.24, 2.45) is 0 Å². The van der Waals surface area contributed by atoms with Gasteiger partial charge >= 0.3 is 5.97 Å². The molecular formula is C11H12N2O6. The molecule has 0 fully saturated rings. The molecule has 0 aliphatic heterocycles. The molecule has 102 valence electrons. The van der Waals surface area contributed by atoms with Crippen LogP contribution in [0.1, 0.15) is 12.5 Å². The van der Waals surface area contributed by atoms with Crippen LogP contribution in [0.15, 0.2) is 18.0 Å². The van der Waals surface area contributed by atoms with Crippen molar-refractivity contribution in [3.05, 3.63) is 33.7 Å². The second-order valence-electron chi connectivity index (χ2n) is 3.29. The highest BCUT2D eigenvalue weighted by molar-refractivity contribution is 5.91. The van der Waals surface area contributed by atoms with Gasteiger partial charge in [0.1, 0.15) is 6.20 Å². The molecule has 8 heteroatoms. The molecule has 0 aromatic carbocycles. The van der Waals surface area contributed by atoms with E-state index < -0.39 is 16.7 Å². The molecule has 0 aliphatic carbocycles. The number of nitrogens with zero attached hydrogens (tertiary/aromatic N) is 2. The van der Waals surface area contributed by atoms with Gasteiger partial charge in [0.05, 0.1) is 24.2 Å². The van der Waals surface area contributed by atoms with Gasteiger partial charge in [-0.25, -0.2) is 9.78 Å². The summed E-state index contributed by atoms with van der Waals surface area (Å²) < 4.78 is 9.38. The van der Waals surface area contributed by atoms with E-state index in [4.69, 9.17) is 4.74 Å². The molecule has 1 heterocycles. The average molecular weight is 268 g/mol. The third kappa shape index (κ3) is 3.66. The number of pyridine rings is 1. The second kappa shape index (κ2) is 6.34. The van der Waals surface area contributed by atoms with Gasteiger partial charge in [-0.15, -0.1) is 0 Å². The van der Waals surface area contributed by atoms with Crippen LogP contribution in [0.2, 0.25) is 0 Å². The fourth-order valence-electron chi connectivity index (χ4n) is 1.23. The fourth-order valence-corrected chi connectivity index (χ4v) is 1.23. The van der Waals surface area contributed by atoms with Gasteiger partial charge in [-0.05, 0) is 6.92 Å². The Balaban J connectivity index is 3.20. The first-order valence-electron chi connectivity index (χ1n) is 5.25. The zero-order chi connectivity index (χ0) is 14.4. The smallest absolute Gasteiger partial charge is 0.373 e. The number of methoxy groups -OCH3 is 1. The van der Waals surface area contributed by atoms with Crippen LogP contribution in [0.3, 0.4) is 0 Å². The van der Waals surface area contributed by atoms with Gasteiger partial charge in [-0.1, -0.05) is 0 Å². The first kappa shape index (κ1) is 14.4. The molecule has 1 aromatic heterocycles. The molecule has 0 atom stereocenters. The third-order valence-electron chi connectivity index (χ3n) is 2.07. The van der Waals surface area contributed by atoms with E-state index in [0.29, 0.717) is 0 Å². The van der Waals surface area contributed by atoms with Crippen molar-refractivity contribution < 1.29 is 24.3 Å². The van der Waals surface area contributed by atoms with Crippen LogP contribution in [-0.2, 0) is 9.53 Å². The van der Waals surface area contributed by atoms with Gasteiger partial charge in [-0.2, -0.15) is 0 Å². The van der Waals surface area contributed by atoms with Crippen molar-refractivity contribution in [3.63, 3.8) is 0 Å². The molecule has 8 nitrogen and oxygen atoms in total. The summed E-state index contributed by atoms with van der Waals surface area (Å²) in [6, 6.07) is 1.23. The van der Waals surface area contributed by atoms with Crippen molar-refractivity contribution in [1.82, 2.24) is 4.98 Å². The maximum absolute atomic E-state index is 11.2. The predicted octanol–water partition coefficient (Wildman–Crippen LogP) is 1.46. The van der Waals surface area contributed by atoms with Crippen LogP contribution in [0.25, 0.3) is 6.08 Å². The SMILES string of the molecule is CCOC(=O)C(O)=Cc1cc(OC)ncc1[N+](=O)[O-]. The Morgan fingerprint density at radius 1 is 1.63 bits per heavy atom. The summed E-state index contributed by atoms with van der Waals surface area (Å²) in [6.07, 6.45) is 1.91. The lowest BCUT2D eigenvalue weighted by molar-refractivity contribution is -0.385. The minimum absolute atomic E-state index is 0.0117. The number of nitro groups is 1. The van der Waals surface area contributed by atoms with E-state index in [1.807, 2.05) is 0 Å². The van der Waals surface area contributed by atoms with Crippen LogP contribution in [0.4, 0.5) is 5.69 Å². The van der Waals surface area contributed by atoms with Gasteiger partial charge in [0.15, 0.2) is 0 Å². The van der Waals surface area contributed by atoms with E-state index in [9.17, 15) is 20.0 Å².